The molecule has 3 atom stereocenters. The first-order valence-electron chi connectivity index (χ1n) is 18.0. The van der Waals surface area contributed by atoms with Crippen LogP contribution in [0.15, 0.2) is 60.7 Å². The number of fused-ring (bicyclic) bond motifs is 2. The molecule has 4 heterocycles. The molecule has 0 spiro atoms. The van der Waals surface area contributed by atoms with Gasteiger partial charge in [-0.2, -0.15) is 0 Å². The number of hydrogen-bond donors (Lipinski definition) is 1. The summed E-state index contributed by atoms with van der Waals surface area (Å²) in [5, 5.41) is 9.60. The van der Waals surface area contributed by atoms with Gasteiger partial charge >= 0.3 is 5.97 Å². The fourth-order valence-corrected chi connectivity index (χ4v) is 8.37. The molecule has 0 saturated carbocycles. The minimum absolute atomic E-state index is 0.101. The number of carboxylic acids is 1. The molecule has 1 N–H and O–H groups in total. The van der Waals surface area contributed by atoms with Gasteiger partial charge in [0.05, 0.1) is 60.6 Å². The molecule has 0 aromatic heterocycles. The highest BCUT2D eigenvalue weighted by molar-refractivity contribution is 5.66. The summed E-state index contributed by atoms with van der Waals surface area (Å²) in [6.07, 6.45) is 3.73. The van der Waals surface area contributed by atoms with Crippen molar-refractivity contribution in [3.8, 4) is 46.0 Å². The van der Waals surface area contributed by atoms with Gasteiger partial charge in [0.15, 0.2) is 34.5 Å². The van der Waals surface area contributed by atoms with Crippen LogP contribution in [-0.4, -0.2) is 82.6 Å². The van der Waals surface area contributed by atoms with Crippen LogP contribution in [0.25, 0.3) is 0 Å². The van der Waals surface area contributed by atoms with E-state index in [0.717, 1.165) is 54.8 Å². The Kier molecular flexibility index (Phi) is 9.96. The molecule has 0 fully saturated rings. The van der Waals surface area contributed by atoms with Crippen LogP contribution in [0.1, 0.15) is 58.3 Å². The van der Waals surface area contributed by atoms with Gasteiger partial charge in [-0.25, -0.2) is 0 Å². The average molecular weight is 710 g/mol. The van der Waals surface area contributed by atoms with Crippen molar-refractivity contribution in [2.45, 2.75) is 50.6 Å². The summed E-state index contributed by atoms with van der Waals surface area (Å²) in [7, 11) is 11.0. The van der Waals surface area contributed by atoms with Crippen molar-refractivity contribution in [3.05, 3.63) is 94.0 Å². The molecule has 0 saturated heterocycles. The minimum Gasteiger partial charge on any atom is -0.493 e. The van der Waals surface area contributed by atoms with Crippen LogP contribution >= 0.6 is 0 Å². The van der Waals surface area contributed by atoms with E-state index < -0.39 is 5.97 Å². The largest absolute Gasteiger partial charge is 0.493 e. The van der Waals surface area contributed by atoms with Crippen LogP contribution in [0.5, 0.6) is 46.0 Å². The molecule has 10 heteroatoms. The van der Waals surface area contributed by atoms with E-state index in [0.29, 0.717) is 64.1 Å². The second kappa shape index (κ2) is 14.6. The fraction of sp³-hybridized carbons (Fsp3) is 0.405. The number of aliphatic carboxylic acids is 1. The van der Waals surface area contributed by atoms with E-state index in [4.69, 9.17) is 28.4 Å². The van der Waals surface area contributed by atoms with E-state index >= 15 is 0 Å². The zero-order valence-electron chi connectivity index (χ0n) is 31.0. The Hall–Kier alpha value is -4.93. The number of quaternary nitrogens is 1. The highest BCUT2D eigenvalue weighted by Gasteiger charge is 2.43. The van der Waals surface area contributed by atoms with E-state index in [1.807, 2.05) is 18.2 Å². The molecular formula is C42H49N2O8+. The molecule has 0 aliphatic carbocycles. The second-order valence-electron chi connectivity index (χ2n) is 14.4. The minimum atomic E-state index is -0.794. The molecule has 4 aromatic rings. The standard InChI is InChI=1S/C42H48N2O8/c1-43-17-15-28-23-35(48-4)37-25-31(28)32(43)20-26-9-12-30(13-10-26)51-36-22-27(11-14-34(36)47-3)21-33-40-29(16-19-44(33,2)18-7-8-39(45)46)24-38(49-5)41(50-6)42(40)52-37/h9-14,22-25,32-33H,7-8,15-21H2,1-6H3/p+1. The van der Waals surface area contributed by atoms with Gasteiger partial charge < -0.3 is 38.0 Å². The van der Waals surface area contributed by atoms with Crippen molar-refractivity contribution >= 4 is 5.97 Å². The summed E-state index contributed by atoms with van der Waals surface area (Å²) in [4.78, 5) is 14.1. The molecule has 4 aliphatic rings. The topological polar surface area (TPSA) is 95.9 Å². The molecule has 52 heavy (non-hydrogen) atoms. The van der Waals surface area contributed by atoms with Crippen LogP contribution in [0.2, 0.25) is 0 Å². The Labute approximate surface area is 306 Å². The number of hydrogen-bond acceptors (Lipinski definition) is 8. The zero-order valence-corrected chi connectivity index (χ0v) is 31.0. The monoisotopic (exact) mass is 709 g/mol. The molecule has 8 rings (SSSR count). The summed E-state index contributed by atoms with van der Waals surface area (Å²) in [5.74, 6) is 4.16. The van der Waals surface area contributed by atoms with Crippen molar-refractivity contribution in [3.63, 3.8) is 0 Å². The molecule has 6 bridgehead atoms. The number of methoxy groups -OCH3 is 4. The van der Waals surface area contributed by atoms with E-state index in [9.17, 15) is 9.90 Å². The predicted molar refractivity (Wildman–Crippen MR) is 198 cm³/mol. The molecule has 0 radical (unpaired) electrons. The van der Waals surface area contributed by atoms with Crippen molar-refractivity contribution in [2.75, 3.05) is 62.2 Å². The lowest BCUT2D eigenvalue weighted by Gasteiger charge is -2.46. The molecule has 10 nitrogen and oxygen atoms in total. The third-order valence-corrected chi connectivity index (χ3v) is 11.3. The smallest absolute Gasteiger partial charge is 0.303 e. The van der Waals surface area contributed by atoms with Crippen LogP contribution in [0.4, 0.5) is 0 Å². The van der Waals surface area contributed by atoms with E-state index in [-0.39, 0.29) is 18.5 Å². The number of nitrogens with zero attached hydrogens (tertiary/aromatic N) is 2. The first-order valence-corrected chi connectivity index (χ1v) is 18.0. The molecule has 0 amide bonds. The zero-order chi connectivity index (χ0) is 36.6. The summed E-state index contributed by atoms with van der Waals surface area (Å²) >= 11 is 0. The molecule has 4 aromatic carbocycles. The molecular weight excluding hydrogens is 660 g/mol. The van der Waals surface area contributed by atoms with E-state index in [2.05, 4.69) is 61.5 Å². The summed E-state index contributed by atoms with van der Waals surface area (Å²) < 4.78 is 38.1. The lowest BCUT2D eigenvalue weighted by atomic mass is 9.85. The van der Waals surface area contributed by atoms with Gasteiger partial charge in [-0.1, -0.05) is 18.2 Å². The third kappa shape index (κ3) is 6.73. The van der Waals surface area contributed by atoms with E-state index in [1.165, 1.54) is 16.7 Å². The maximum Gasteiger partial charge on any atom is 0.303 e. The maximum absolute atomic E-state index is 11.7. The second-order valence-corrected chi connectivity index (χ2v) is 14.4. The number of likely N-dealkylation sites (N-methyl/N-ethyl adjacent to an activating group) is 2. The summed E-state index contributed by atoms with van der Waals surface area (Å²) in [5.41, 5.74) is 6.82. The number of carboxylic acid groups (broad SMARTS) is 1. The summed E-state index contributed by atoms with van der Waals surface area (Å²) in [6, 6.07) is 20.7. The van der Waals surface area contributed by atoms with Gasteiger partial charge in [-0.15, -0.1) is 0 Å². The summed E-state index contributed by atoms with van der Waals surface area (Å²) in [6.45, 7) is 2.41. The van der Waals surface area contributed by atoms with Gasteiger partial charge in [0.25, 0.3) is 0 Å². The Bertz CT molecular complexity index is 1960. The maximum atomic E-state index is 11.7. The number of carbonyl (C=O) groups is 1. The highest BCUT2D eigenvalue weighted by Crippen LogP contribution is 2.53. The van der Waals surface area contributed by atoms with Crippen molar-refractivity contribution in [1.82, 2.24) is 4.90 Å². The van der Waals surface area contributed by atoms with Crippen molar-refractivity contribution in [2.24, 2.45) is 0 Å². The van der Waals surface area contributed by atoms with Gasteiger partial charge in [-0.05, 0) is 90.2 Å². The first-order chi connectivity index (χ1) is 25.1. The number of rotatable bonds is 8. The van der Waals surface area contributed by atoms with Crippen LogP contribution in [0, 0.1) is 0 Å². The first kappa shape index (κ1) is 35.5. The number of ether oxygens (including phenoxy) is 6. The van der Waals surface area contributed by atoms with Gasteiger partial charge in [0, 0.05) is 31.8 Å². The predicted octanol–water partition coefficient (Wildman–Crippen LogP) is 7.54. The molecule has 274 valence electrons. The van der Waals surface area contributed by atoms with Gasteiger partial charge in [0.1, 0.15) is 11.8 Å². The van der Waals surface area contributed by atoms with Crippen molar-refractivity contribution < 1.29 is 42.8 Å². The Morgan fingerprint density at radius 2 is 1.54 bits per heavy atom. The molecule has 3 unspecified atom stereocenters. The van der Waals surface area contributed by atoms with Crippen LogP contribution in [0.3, 0.4) is 0 Å². The Balaban J connectivity index is 1.48. The molecule has 4 aliphatic heterocycles. The fourth-order valence-electron chi connectivity index (χ4n) is 8.37. The van der Waals surface area contributed by atoms with E-state index in [1.54, 1.807) is 28.4 Å². The lowest BCUT2D eigenvalue weighted by molar-refractivity contribution is -0.941. The SMILES string of the molecule is COc1ccc2cc1Oc1ccc(cc1)CC1c3cc(c(OC)cc3CCN1C)Oc1c(OC)c(OC)cc3c1C(C2)[N+](C)(CCCC(=O)O)CC3. The number of benzene rings is 4. The highest BCUT2D eigenvalue weighted by atomic mass is 16.5. The normalized spacial score (nSPS) is 20.7. The third-order valence-electron chi connectivity index (χ3n) is 11.3. The van der Waals surface area contributed by atoms with Gasteiger partial charge in [-0.3, -0.25) is 9.69 Å². The van der Waals surface area contributed by atoms with Crippen LogP contribution < -0.4 is 28.4 Å². The quantitative estimate of drug-likeness (QED) is 0.186. The van der Waals surface area contributed by atoms with Gasteiger partial charge in [0.2, 0.25) is 5.75 Å². The Morgan fingerprint density at radius 3 is 2.25 bits per heavy atom. The van der Waals surface area contributed by atoms with Crippen molar-refractivity contribution in [1.29, 1.82) is 0 Å². The average Bonchev–Trinajstić information content (AvgIpc) is 3.14. The van der Waals surface area contributed by atoms with Crippen LogP contribution in [-0.2, 0) is 30.5 Å². The lowest BCUT2D eigenvalue weighted by Crippen LogP contribution is -2.52. The Morgan fingerprint density at radius 1 is 0.827 bits per heavy atom.